The number of carbonyl (C=O) groups excluding carboxylic acids is 3. The van der Waals surface area contributed by atoms with Crippen molar-refractivity contribution in [1.82, 2.24) is 9.80 Å². The molecule has 1 saturated heterocycles. The van der Waals surface area contributed by atoms with Crippen molar-refractivity contribution in [2.45, 2.75) is 12.0 Å². The van der Waals surface area contributed by atoms with Gasteiger partial charge in [0.15, 0.2) is 5.54 Å². The molecule has 2 aromatic rings. The van der Waals surface area contributed by atoms with Crippen molar-refractivity contribution in [1.29, 1.82) is 0 Å². The predicted molar refractivity (Wildman–Crippen MR) is 117 cm³/mol. The molecule has 2 aromatic carbocycles. The second kappa shape index (κ2) is 7.87. The number of para-hydroxylation sites is 1. The average Bonchev–Trinajstić information content (AvgIpc) is 3.13. The Morgan fingerprint density at radius 1 is 1.06 bits per heavy atom. The third kappa shape index (κ3) is 3.02. The molecule has 1 atom stereocenters. The molecule has 32 heavy (non-hydrogen) atoms. The molecule has 4 rings (SSSR count). The summed E-state index contributed by atoms with van der Waals surface area (Å²) in [5.74, 6) is -3.29. The fourth-order valence-electron chi connectivity index (χ4n) is 4.57. The highest BCUT2D eigenvalue weighted by Crippen LogP contribution is 2.53. The Hall–Kier alpha value is -3.52. The van der Waals surface area contributed by atoms with Crippen LogP contribution in [-0.2, 0) is 19.9 Å². The second-order valence-electron chi connectivity index (χ2n) is 8.26. The molecular formula is C24H24FN3O4. The van der Waals surface area contributed by atoms with Gasteiger partial charge >= 0.3 is 0 Å². The third-order valence-electron chi connectivity index (χ3n) is 6.04. The van der Waals surface area contributed by atoms with E-state index in [2.05, 4.69) is 0 Å². The molecule has 2 aliphatic heterocycles. The minimum absolute atomic E-state index is 0.150. The molecule has 8 heteroatoms. The molecule has 2 heterocycles. The Balaban J connectivity index is 1.98. The number of benzene rings is 2. The van der Waals surface area contributed by atoms with E-state index in [-0.39, 0.29) is 17.7 Å². The van der Waals surface area contributed by atoms with Crippen molar-refractivity contribution < 1.29 is 23.9 Å². The lowest BCUT2D eigenvalue weighted by Crippen LogP contribution is -2.51. The molecule has 2 aliphatic rings. The maximum absolute atomic E-state index is 13.7. The first kappa shape index (κ1) is 21.7. The van der Waals surface area contributed by atoms with Gasteiger partial charge in [0.25, 0.3) is 17.6 Å². The zero-order valence-electron chi connectivity index (χ0n) is 18.1. The monoisotopic (exact) mass is 437 g/mol. The van der Waals surface area contributed by atoms with Gasteiger partial charge in [-0.25, -0.2) is 4.39 Å². The minimum Gasteiger partial charge on any atom is -0.507 e. The lowest BCUT2D eigenvalue weighted by Gasteiger charge is -2.34. The van der Waals surface area contributed by atoms with Crippen molar-refractivity contribution in [2.24, 2.45) is 0 Å². The standard InChI is InChI=1S/C24H24FN3O4/c1-26(2)13-6-14-28-22(31)21(30)19(20(29)15-9-11-16(25)12-10-15)24(28)17-7-4-5-8-18(17)27(3)23(24)32/h4-5,7-12,29H,6,13-14H2,1-3H3. The Morgan fingerprint density at radius 3 is 2.38 bits per heavy atom. The van der Waals surface area contributed by atoms with Crippen LogP contribution in [0.5, 0.6) is 0 Å². The smallest absolute Gasteiger partial charge is 0.296 e. The van der Waals surface area contributed by atoms with Crippen LogP contribution in [0.4, 0.5) is 10.1 Å². The average molecular weight is 437 g/mol. The summed E-state index contributed by atoms with van der Waals surface area (Å²) in [5, 5.41) is 11.2. The highest BCUT2D eigenvalue weighted by Gasteiger charge is 2.66. The van der Waals surface area contributed by atoms with Gasteiger partial charge in [0.1, 0.15) is 11.6 Å². The van der Waals surface area contributed by atoms with Crippen LogP contribution in [0.2, 0.25) is 0 Å². The zero-order valence-corrected chi connectivity index (χ0v) is 18.1. The van der Waals surface area contributed by atoms with Crippen LogP contribution >= 0.6 is 0 Å². The number of ketones is 1. The van der Waals surface area contributed by atoms with Gasteiger partial charge in [-0.1, -0.05) is 18.2 Å². The first-order chi connectivity index (χ1) is 15.2. The number of rotatable bonds is 5. The lowest BCUT2D eigenvalue weighted by atomic mass is 9.82. The molecule has 7 nitrogen and oxygen atoms in total. The number of aliphatic hydroxyl groups excluding tert-OH is 1. The molecule has 0 bridgehead atoms. The van der Waals surface area contributed by atoms with Gasteiger partial charge in [-0.15, -0.1) is 0 Å². The molecule has 0 radical (unpaired) electrons. The molecule has 0 aromatic heterocycles. The van der Waals surface area contributed by atoms with Gasteiger partial charge in [-0.2, -0.15) is 0 Å². The van der Waals surface area contributed by atoms with Crippen molar-refractivity contribution in [3.05, 3.63) is 71.0 Å². The van der Waals surface area contributed by atoms with Crippen LogP contribution in [-0.4, -0.2) is 66.7 Å². The van der Waals surface area contributed by atoms with Crippen molar-refractivity contribution in [2.75, 3.05) is 39.1 Å². The van der Waals surface area contributed by atoms with Crippen molar-refractivity contribution in [3.63, 3.8) is 0 Å². The molecule has 0 saturated carbocycles. The molecule has 1 fully saturated rings. The summed E-state index contributed by atoms with van der Waals surface area (Å²) < 4.78 is 13.4. The minimum atomic E-state index is -1.77. The summed E-state index contributed by atoms with van der Waals surface area (Å²) in [6.07, 6.45) is 0.525. The topological polar surface area (TPSA) is 81.2 Å². The Labute approximate surface area is 185 Å². The lowest BCUT2D eigenvalue weighted by molar-refractivity contribution is -0.143. The SMILES string of the molecule is CN(C)CCCN1C(=O)C(=O)C(=C(O)c2ccc(F)cc2)C12C(=O)N(C)c1ccccc12. The summed E-state index contributed by atoms with van der Waals surface area (Å²) in [6.45, 7) is 0.791. The van der Waals surface area contributed by atoms with E-state index >= 15 is 0 Å². The van der Waals surface area contributed by atoms with E-state index in [1.165, 1.54) is 21.9 Å². The van der Waals surface area contributed by atoms with E-state index < -0.39 is 34.7 Å². The number of amides is 2. The fourth-order valence-corrected chi connectivity index (χ4v) is 4.57. The van der Waals surface area contributed by atoms with Crippen LogP contribution in [0, 0.1) is 5.82 Å². The van der Waals surface area contributed by atoms with Crippen LogP contribution in [0.3, 0.4) is 0 Å². The Kier molecular flexibility index (Phi) is 5.34. The molecule has 1 N–H and O–H groups in total. The number of halogens is 1. The van der Waals surface area contributed by atoms with E-state index in [4.69, 9.17) is 0 Å². The number of carbonyl (C=O) groups is 3. The first-order valence-electron chi connectivity index (χ1n) is 10.3. The van der Waals surface area contributed by atoms with Gasteiger partial charge in [-0.3, -0.25) is 14.4 Å². The van der Waals surface area contributed by atoms with E-state index in [0.717, 1.165) is 12.1 Å². The van der Waals surface area contributed by atoms with Crippen LogP contribution < -0.4 is 4.90 Å². The first-order valence-corrected chi connectivity index (χ1v) is 10.3. The Morgan fingerprint density at radius 2 is 1.72 bits per heavy atom. The van der Waals surface area contributed by atoms with Gasteiger partial charge in [-0.05, 0) is 57.4 Å². The van der Waals surface area contributed by atoms with Gasteiger partial charge in [0.05, 0.1) is 5.57 Å². The molecule has 0 aliphatic carbocycles. The number of nitrogens with zero attached hydrogens (tertiary/aromatic N) is 3. The van der Waals surface area contributed by atoms with Gasteiger partial charge in [0.2, 0.25) is 0 Å². The molecule has 1 unspecified atom stereocenters. The number of Topliss-reactive ketones (excluding diaryl/α,β-unsaturated/α-hetero) is 1. The second-order valence-corrected chi connectivity index (χ2v) is 8.26. The number of hydrogen-bond donors (Lipinski definition) is 1. The van der Waals surface area contributed by atoms with Crippen LogP contribution in [0.25, 0.3) is 5.76 Å². The Bertz CT molecular complexity index is 1140. The summed E-state index contributed by atoms with van der Waals surface area (Å²) in [6, 6.07) is 11.8. The summed E-state index contributed by atoms with van der Waals surface area (Å²) in [5.41, 5.74) is -0.899. The van der Waals surface area contributed by atoms with E-state index in [1.54, 1.807) is 31.3 Å². The number of hydrogen-bond acceptors (Lipinski definition) is 5. The van der Waals surface area contributed by atoms with E-state index in [9.17, 15) is 23.9 Å². The molecule has 2 amide bonds. The summed E-state index contributed by atoms with van der Waals surface area (Å²) in [7, 11) is 5.36. The van der Waals surface area contributed by atoms with E-state index in [0.29, 0.717) is 24.2 Å². The maximum Gasteiger partial charge on any atom is 0.296 e. The van der Waals surface area contributed by atoms with Crippen molar-refractivity contribution >= 4 is 29.0 Å². The molecular weight excluding hydrogens is 413 g/mol. The van der Waals surface area contributed by atoms with Crippen LogP contribution in [0.15, 0.2) is 54.1 Å². The molecule has 166 valence electrons. The number of anilines is 1. The normalized spacial score (nSPS) is 21.8. The third-order valence-corrected chi connectivity index (χ3v) is 6.04. The number of aliphatic hydroxyl groups is 1. The highest BCUT2D eigenvalue weighted by atomic mass is 19.1. The van der Waals surface area contributed by atoms with Gasteiger partial charge < -0.3 is 19.8 Å². The van der Waals surface area contributed by atoms with Crippen LogP contribution in [0.1, 0.15) is 17.5 Å². The molecule has 1 spiro atoms. The predicted octanol–water partition coefficient (Wildman–Crippen LogP) is 2.33. The fraction of sp³-hybridized carbons (Fsp3) is 0.292. The van der Waals surface area contributed by atoms with E-state index in [1.807, 2.05) is 19.0 Å². The van der Waals surface area contributed by atoms with Crippen molar-refractivity contribution in [3.8, 4) is 0 Å². The summed E-state index contributed by atoms with van der Waals surface area (Å²) >= 11 is 0. The maximum atomic E-state index is 13.7. The number of likely N-dealkylation sites (N-methyl/N-ethyl adjacent to an activating group) is 1. The quantitative estimate of drug-likeness (QED) is 0.441. The largest absolute Gasteiger partial charge is 0.507 e. The zero-order chi connectivity index (χ0) is 23.2. The summed E-state index contributed by atoms with van der Waals surface area (Å²) in [4.78, 5) is 44.8. The highest BCUT2D eigenvalue weighted by molar-refractivity contribution is 6.50. The number of likely N-dealkylation sites (tertiary alicyclic amines) is 1. The van der Waals surface area contributed by atoms with Gasteiger partial charge in [0, 0.05) is 30.4 Å². The number of fused-ring (bicyclic) bond motifs is 2.